The van der Waals surface area contributed by atoms with E-state index in [1.165, 1.54) is 12.8 Å². The Balaban J connectivity index is 2.43. The lowest BCUT2D eigenvalue weighted by molar-refractivity contribution is -0.137. The Morgan fingerprint density at radius 1 is 1.30 bits per heavy atom. The quantitative estimate of drug-likeness (QED) is 0.660. The Morgan fingerprint density at radius 3 is 2.35 bits per heavy atom. The lowest BCUT2D eigenvalue weighted by atomic mass is 9.96. The van der Waals surface area contributed by atoms with E-state index < -0.39 is 5.97 Å². The molecule has 2 amide bonds. The van der Waals surface area contributed by atoms with E-state index in [4.69, 9.17) is 5.11 Å². The third-order valence-corrected chi connectivity index (χ3v) is 4.31. The SMILES string of the molecule is CCC(CC(=O)O)NC(=O)NCC1(N(C)C)CCCC1. The van der Waals surface area contributed by atoms with Crippen LogP contribution < -0.4 is 10.6 Å². The van der Waals surface area contributed by atoms with Crippen molar-refractivity contribution in [3.05, 3.63) is 0 Å². The molecule has 0 bridgehead atoms. The van der Waals surface area contributed by atoms with Crippen molar-refractivity contribution in [1.82, 2.24) is 15.5 Å². The second-order valence-electron chi connectivity index (χ2n) is 5.86. The van der Waals surface area contributed by atoms with E-state index in [9.17, 15) is 9.59 Å². The summed E-state index contributed by atoms with van der Waals surface area (Å²) in [6.07, 6.45) is 5.14. The summed E-state index contributed by atoms with van der Waals surface area (Å²) in [5.74, 6) is -0.891. The minimum absolute atomic E-state index is 0.0389. The smallest absolute Gasteiger partial charge is 0.315 e. The van der Waals surface area contributed by atoms with Crippen LogP contribution in [0.4, 0.5) is 4.79 Å². The standard InChI is InChI=1S/C14H27N3O3/c1-4-11(9-12(18)19)16-13(20)15-10-14(17(2)3)7-5-6-8-14/h11H,4-10H2,1-3H3,(H,18,19)(H2,15,16,20). The van der Waals surface area contributed by atoms with Crippen LogP contribution in [0.5, 0.6) is 0 Å². The number of rotatable bonds is 7. The highest BCUT2D eigenvalue weighted by Crippen LogP contribution is 2.32. The number of carbonyl (C=O) groups excluding carboxylic acids is 1. The van der Waals surface area contributed by atoms with Gasteiger partial charge in [0.2, 0.25) is 0 Å². The first kappa shape index (κ1) is 16.8. The zero-order valence-electron chi connectivity index (χ0n) is 12.7. The number of aliphatic carboxylic acids is 1. The minimum Gasteiger partial charge on any atom is -0.481 e. The molecule has 1 aliphatic carbocycles. The van der Waals surface area contributed by atoms with E-state index in [1.54, 1.807) is 0 Å². The monoisotopic (exact) mass is 285 g/mol. The predicted molar refractivity (Wildman–Crippen MR) is 77.8 cm³/mol. The summed E-state index contributed by atoms with van der Waals surface area (Å²) in [6.45, 7) is 2.47. The average molecular weight is 285 g/mol. The van der Waals surface area contributed by atoms with Gasteiger partial charge in [-0.2, -0.15) is 0 Å². The molecule has 1 aliphatic rings. The molecule has 1 fully saturated rings. The molecule has 0 radical (unpaired) electrons. The summed E-state index contributed by atoms with van der Waals surface area (Å²) < 4.78 is 0. The molecular weight excluding hydrogens is 258 g/mol. The van der Waals surface area contributed by atoms with Crippen LogP contribution >= 0.6 is 0 Å². The molecule has 1 unspecified atom stereocenters. The van der Waals surface area contributed by atoms with Gasteiger partial charge in [-0.3, -0.25) is 4.79 Å². The van der Waals surface area contributed by atoms with Gasteiger partial charge >= 0.3 is 12.0 Å². The van der Waals surface area contributed by atoms with E-state index >= 15 is 0 Å². The number of carboxylic acids is 1. The maximum absolute atomic E-state index is 11.9. The summed E-state index contributed by atoms with van der Waals surface area (Å²) in [4.78, 5) is 24.8. The topological polar surface area (TPSA) is 81.7 Å². The highest BCUT2D eigenvalue weighted by Gasteiger charge is 2.36. The third-order valence-electron chi connectivity index (χ3n) is 4.31. The average Bonchev–Trinajstić information content (AvgIpc) is 2.85. The van der Waals surface area contributed by atoms with Crippen LogP contribution in [0.25, 0.3) is 0 Å². The van der Waals surface area contributed by atoms with Gasteiger partial charge in [0.25, 0.3) is 0 Å². The van der Waals surface area contributed by atoms with Crippen LogP contribution in [0, 0.1) is 0 Å². The van der Waals surface area contributed by atoms with Gasteiger partial charge in [0.1, 0.15) is 0 Å². The Hall–Kier alpha value is -1.30. The number of hydrogen-bond acceptors (Lipinski definition) is 3. The summed E-state index contributed by atoms with van der Waals surface area (Å²) in [7, 11) is 4.09. The molecule has 1 saturated carbocycles. The van der Waals surface area contributed by atoms with Gasteiger partial charge in [0.05, 0.1) is 6.42 Å². The van der Waals surface area contributed by atoms with Gasteiger partial charge in [-0.1, -0.05) is 19.8 Å². The van der Waals surface area contributed by atoms with Crippen molar-refractivity contribution in [2.24, 2.45) is 0 Å². The maximum atomic E-state index is 11.9. The van der Waals surface area contributed by atoms with E-state index in [1.807, 2.05) is 21.0 Å². The van der Waals surface area contributed by atoms with Crippen LogP contribution in [0.1, 0.15) is 45.4 Å². The van der Waals surface area contributed by atoms with Crippen LogP contribution in [0.3, 0.4) is 0 Å². The molecule has 0 aliphatic heterocycles. The molecule has 0 aromatic heterocycles. The normalized spacial score (nSPS) is 18.8. The lowest BCUT2D eigenvalue weighted by Gasteiger charge is -2.36. The Labute approximate surface area is 120 Å². The van der Waals surface area contributed by atoms with Crippen molar-refractivity contribution in [3.63, 3.8) is 0 Å². The van der Waals surface area contributed by atoms with Crippen LogP contribution in [0.2, 0.25) is 0 Å². The molecule has 6 heteroatoms. The van der Waals surface area contributed by atoms with Crippen molar-refractivity contribution < 1.29 is 14.7 Å². The molecule has 0 saturated heterocycles. The Kier molecular flexibility index (Phi) is 6.26. The molecular formula is C14H27N3O3. The number of carbonyl (C=O) groups is 2. The van der Waals surface area contributed by atoms with Gasteiger partial charge in [-0.15, -0.1) is 0 Å². The lowest BCUT2D eigenvalue weighted by Crippen LogP contribution is -2.53. The van der Waals surface area contributed by atoms with E-state index in [0.717, 1.165) is 12.8 Å². The molecule has 6 nitrogen and oxygen atoms in total. The third kappa shape index (κ3) is 4.67. The molecule has 20 heavy (non-hydrogen) atoms. The van der Waals surface area contributed by atoms with Gasteiger partial charge in [0.15, 0.2) is 0 Å². The number of carboxylic acid groups (broad SMARTS) is 1. The fraction of sp³-hybridized carbons (Fsp3) is 0.857. The second-order valence-corrected chi connectivity index (χ2v) is 5.86. The van der Waals surface area contributed by atoms with Crippen molar-refractivity contribution in [3.8, 4) is 0 Å². The first-order valence-corrected chi connectivity index (χ1v) is 7.33. The van der Waals surface area contributed by atoms with Crippen molar-refractivity contribution in [2.45, 2.75) is 57.0 Å². The minimum atomic E-state index is -0.891. The van der Waals surface area contributed by atoms with Crippen LogP contribution in [0.15, 0.2) is 0 Å². The van der Waals surface area contributed by atoms with Crippen LogP contribution in [-0.2, 0) is 4.79 Å². The first-order valence-electron chi connectivity index (χ1n) is 7.33. The van der Waals surface area contributed by atoms with Crippen molar-refractivity contribution >= 4 is 12.0 Å². The Bertz CT molecular complexity index is 339. The summed E-state index contributed by atoms with van der Waals surface area (Å²) >= 11 is 0. The number of nitrogens with zero attached hydrogens (tertiary/aromatic N) is 1. The van der Waals surface area contributed by atoms with Crippen molar-refractivity contribution in [2.75, 3.05) is 20.6 Å². The Morgan fingerprint density at radius 2 is 1.90 bits per heavy atom. The summed E-state index contributed by atoms with van der Waals surface area (Å²) in [6, 6.07) is -0.586. The fourth-order valence-corrected chi connectivity index (χ4v) is 2.80. The first-order chi connectivity index (χ1) is 9.39. The number of urea groups is 1. The maximum Gasteiger partial charge on any atom is 0.315 e. The van der Waals surface area contributed by atoms with Crippen molar-refractivity contribution in [1.29, 1.82) is 0 Å². The molecule has 3 N–H and O–H groups in total. The molecule has 0 spiro atoms. The van der Waals surface area contributed by atoms with Gasteiger partial charge < -0.3 is 20.6 Å². The van der Waals surface area contributed by atoms with E-state index in [2.05, 4.69) is 15.5 Å². The molecule has 0 heterocycles. The van der Waals surface area contributed by atoms with Gasteiger partial charge in [0, 0.05) is 18.1 Å². The predicted octanol–water partition coefficient (Wildman–Crippen LogP) is 1.41. The fourth-order valence-electron chi connectivity index (χ4n) is 2.80. The van der Waals surface area contributed by atoms with Gasteiger partial charge in [-0.25, -0.2) is 4.79 Å². The van der Waals surface area contributed by atoms with Gasteiger partial charge in [-0.05, 0) is 33.4 Å². The molecule has 116 valence electrons. The second kappa shape index (κ2) is 7.47. The zero-order valence-corrected chi connectivity index (χ0v) is 12.7. The highest BCUT2D eigenvalue weighted by molar-refractivity contribution is 5.75. The molecule has 1 atom stereocenters. The zero-order chi connectivity index (χ0) is 15.2. The summed E-state index contributed by atoms with van der Waals surface area (Å²) in [5, 5.41) is 14.4. The highest BCUT2D eigenvalue weighted by atomic mass is 16.4. The number of nitrogens with one attached hydrogen (secondary N) is 2. The molecule has 0 aromatic rings. The number of amides is 2. The van der Waals surface area contributed by atoms with E-state index in [-0.39, 0.29) is 24.0 Å². The summed E-state index contributed by atoms with van der Waals surface area (Å²) in [5.41, 5.74) is 0.0475. The van der Waals surface area contributed by atoms with E-state index in [0.29, 0.717) is 13.0 Å². The molecule has 0 aromatic carbocycles. The largest absolute Gasteiger partial charge is 0.481 e. The van der Waals surface area contributed by atoms with Crippen LogP contribution in [-0.4, -0.2) is 54.2 Å². The number of hydrogen-bond donors (Lipinski definition) is 3. The molecule has 1 rings (SSSR count). The number of likely N-dealkylation sites (N-methyl/N-ethyl adjacent to an activating group) is 1.